The Morgan fingerprint density at radius 2 is 1.55 bits per heavy atom. The van der Waals surface area contributed by atoms with Crippen LogP contribution in [0.3, 0.4) is 0 Å². The second kappa shape index (κ2) is 3.23. The van der Waals surface area contributed by atoms with E-state index in [9.17, 15) is 0 Å². The standard InChI is InChI=1S/C6H13N5/c1-4-9-5(7-2)11-6(8-3)10-4/h4H,1-3H3,(H3,7,8,9,10,11). The fraction of sp³-hybridized carbons (Fsp3) is 0.667. The Labute approximate surface area is 66.0 Å². The van der Waals surface area contributed by atoms with E-state index < -0.39 is 0 Å². The molecule has 0 unspecified atom stereocenters. The van der Waals surface area contributed by atoms with Crippen molar-refractivity contribution in [3.05, 3.63) is 0 Å². The van der Waals surface area contributed by atoms with Crippen molar-refractivity contribution in [2.24, 2.45) is 9.98 Å². The van der Waals surface area contributed by atoms with E-state index in [0.717, 1.165) is 11.9 Å². The van der Waals surface area contributed by atoms with Crippen molar-refractivity contribution < 1.29 is 0 Å². The minimum absolute atomic E-state index is 0.175. The molecule has 0 aliphatic carbocycles. The molecule has 0 bridgehead atoms. The van der Waals surface area contributed by atoms with Gasteiger partial charge in [0.05, 0.1) is 6.17 Å². The van der Waals surface area contributed by atoms with Gasteiger partial charge in [-0.05, 0) is 6.92 Å². The van der Waals surface area contributed by atoms with E-state index in [1.54, 1.807) is 14.1 Å². The molecule has 1 aliphatic rings. The molecule has 1 fully saturated rings. The first-order chi connectivity index (χ1) is 5.26. The minimum atomic E-state index is 0.175. The van der Waals surface area contributed by atoms with Gasteiger partial charge in [-0.2, -0.15) is 0 Å². The molecular weight excluding hydrogens is 142 g/mol. The molecule has 1 heterocycles. The maximum Gasteiger partial charge on any atom is 0.199 e. The maximum atomic E-state index is 3.97. The van der Waals surface area contributed by atoms with Crippen LogP contribution in [0.25, 0.3) is 0 Å². The summed E-state index contributed by atoms with van der Waals surface area (Å²) in [5, 5.41) is 9.12. The summed E-state index contributed by atoms with van der Waals surface area (Å²) in [5.41, 5.74) is 0. The molecule has 1 rings (SSSR count). The summed E-state index contributed by atoms with van der Waals surface area (Å²) in [5.74, 6) is 1.49. The van der Waals surface area contributed by atoms with Crippen LogP contribution < -0.4 is 16.0 Å². The summed E-state index contributed by atoms with van der Waals surface area (Å²) in [6, 6.07) is 0. The second-order valence-corrected chi connectivity index (χ2v) is 2.28. The predicted molar refractivity (Wildman–Crippen MR) is 45.6 cm³/mol. The third-order valence-corrected chi connectivity index (χ3v) is 1.39. The zero-order valence-corrected chi connectivity index (χ0v) is 6.97. The Morgan fingerprint density at radius 3 is 1.91 bits per heavy atom. The lowest BCUT2D eigenvalue weighted by molar-refractivity contribution is 0.586. The fourth-order valence-electron chi connectivity index (χ4n) is 0.871. The number of aliphatic imine (C=N–C) groups is 2. The summed E-state index contributed by atoms with van der Waals surface area (Å²) >= 11 is 0. The quantitative estimate of drug-likeness (QED) is 0.424. The van der Waals surface area contributed by atoms with Gasteiger partial charge in [0, 0.05) is 14.1 Å². The Morgan fingerprint density at radius 1 is 1.09 bits per heavy atom. The van der Waals surface area contributed by atoms with Crippen molar-refractivity contribution in [2.75, 3.05) is 14.1 Å². The van der Waals surface area contributed by atoms with Gasteiger partial charge in [0.15, 0.2) is 11.9 Å². The summed E-state index contributed by atoms with van der Waals surface area (Å²) in [4.78, 5) is 7.94. The predicted octanol–water partition coefficient (Wildman–Crippen LogP) is -0.914. The summed E-state index contributed by atoms with van der Waals surface area (Å²) in [6.45, 7) is 2.00. The van der Waals surface area contributed by atoms with Crippen LogP contribution in [0.1, 0.15) is 6.92 Å². The third kappa shape index (κ3) is 1.83. The van der Waals surface area contributed by atoms with Crippen molar-refractivity contribution in [1.82, 2.24) is 16.0 Å². The molecule has 0 amide bonds. The molecule has 0 aromatic rings. The second-order valence-electron chi connectivity index (χ2n) is 2.28. The molecule has 3 N–H and O–H groups in total. The van der Waals surface area contributed by atoms with Crippen LogP contribution >= 0.6 is 0 Å². The van der Waals surface area contributed by atoms with Crippen LogP contribution in [0.4, 0.5) is 0 Å². The Balaban J connectivity index is 2.65. The number of nitrogens with zero attached hydrogens (tertiary/aromatic N) is 2. The van der Waals surface area contributed by atoms with E-state index in [-0.39, 0.29) is 6.17 Å². The van der Waals surface area contributed by atoms with Crippen LogP contribution in [-0.2, 0) is 0 Å². The summed E-state index contributed by atoms with van der Waals surface area (Å²) < 4.78 is 0. The van der Waals surface area contributed by atoms with Gasteiger partial charge in [-0.15, -0.1) is 0 Å². The fourth-order valence-corrected chi connectivity index (χ4v) is 0.871. The number of guanidine groups is 2. The average molecular weight is 155 g/mol. The SMILES string of the molecule is CN=C1NC(=NC)NC(C)N1. The van der Waals surface area contributed by atoms with Crippen molar-refractivity contribution >= 4 is 11.9 Å². The van der Waals surface area contributed by atoms with E-state index >= 15 is 0 Å². The van der Waals surface area contributed by atoms with E-state index in [2.05, 4.69) is 25.9 Å². The maximum absolute atomic E-state index is 3.97. The first-order valence-electron chi connectivity index (χ1n) is 3.50. The van der Waals surface area contributed by atoms with E-state index in [1.807, 2.05) is 6.92 Å². The van der Waals surface area contributed by atoms with E-state index in [0.29, 0.717) is 0 Å². The highest BCUT2D eigenvalue weighted by Crippen LogP contribution is 1.83. The van der Waals surface area contributed by atoms with Gasteiger partial charge < -0.3 is 10.6 Å². The lowest BCUT2D eigenvalue weighted by Gasteiger charge is -2.26. The lowest BCUT2D eigenvalue weighted by atomic mass is 10.5. The molecule has 0 atom stereocenters. The molecule has 62 valence electrons. The molecule has 0 spiro atoms. The summed E-state index contributed by atoms with van der Waals surface area (Å²) in [6.07, 6.45) is 0.175. The van der Waals surface area contributed by atoms with Crippen molar-refractivity contribution in [3.8, 4) is 0 Å². The molecule has 0 radical (unpaired) electrons. The molecule has 5 nitrogen and oxygen atoms in total. The molecule has 0 aromatic carbocycles. The Bertz CT molecular complexity index is 175. The van der Waals surface area contributed by atoms with Crippen LogP contribution in [0.5, 0.6) is 0 Å². The molecule has 0 saturated carbocycles. The van der Waals surface area contributed by atoms with Crippen LogP contribution in [0.15, 0.2) is 9.98 Å². The lowest BCUT2D eigenvalue weighted by Crippen LogP contribution is -2.61. The average Bonchev–Trinajstić information content (AvgIpc) is 2.03. The largest absolute Gasteiger partial charge is 0.336 e. The molecule has 1 aliphatic heterocycles. The monoisotopic (exact) mass is 155 g/mol. The molecular formula is C6H13N5. The third-order valence-electron chi connectivity index (χ3n) is 1.39. The van der Waals surface area contributed by atoms with Gasteiger partial charge in [0.2, 0.25) is 0 Å². The smallest absolute Gasteiger partial charge is 0.199 e. The normalized spacial score (nSPS) is 31.0. The van der Waals surface area contributed by atoms with Crippen LogP contribution in [0, 0.1) is 0 Å². The summed E-state index contributed by atoms with van der Waals surface area (Å²) in [7, 11) is 3.45. The van der Waals surface area contributed by atoms with E-state index in [1.165, 1.54) is 0 Å². The molecule has 0 aromatic heterocycles. The highest BCUT2D eigenvalue weighted by atomic mass is 15.4. The van der Waals surface area contributed by atoms with E-state index in [4.69, 9.17) is 0 Å². The minimum Gasteiger partial charge on any atom is -0.336 e. The van der Waals surface area contributed by atoms with Gasteiger partial charge >= 0.3 is 0 Å². The highest BCUT2D eigenvalue weighted by molar-refractivity contribution is 6.00. The highest BCUT2D eigenvalue weighted by Gasteiger charge is 2.13. The zero-order chi connectivity index (χ0) is 8.27. The molecule has 11 heavy (non-hydrogen) atoms. The van der Waals surface area contributed by atoms with Gasteiger partial charge in [-0.25, -0.2) is 0 Å². The van der Waals surface area contributed by atoms with Crippen molar-refractivity contribution in [3.63, 3.8) is 0 Å². The van der Waals surface area contributed by atoms with Gasteiger partial charge in [0.1, 0.15) is 0 Å². The first-order valence-corrected chi connectivity index (χ1v) is 3.50. The van der Waals surface area contributed by atoms with Gasteiger partial charge in [-0.3, -0.25) is 15.3 Å². The Hall–Kier alpha value is -1.26. The Kier molecular flexibility index (Phi) is 2.30. The number of hydrogen-bond donors (Lipinski definition) is 3. The van der Waals surface area contributed by atoms with Crippen molar-refractivity contribution in [2.45, 2.75) is 13.1 Å². The number of nitrogens with one attached hydrogen (secondary N) is 3. The van der Waals surface area contributed by atoms with Crippen LogP contribution in [-0.4, -0.2) is 32.2 Å². The molecule has 1 saturated heterocycles. The topological polar surface area (TPSA) is 60.8 Å². The van der Waals surface area contributed by atoms with Gasteiger partial charge in [-0.1, -0.05) is 0 Å². The number of rotatable bonds is 0. The zero-order valence-electron chi connectivity index (χ0n) is 6.97. The first kappa shape index (κ1) is 7.84. The number of hydrogen-bond acceptors (Lipinski definition) is 2. The van der Waals surface area contributed by atoms with Crippen molar-refractivity contribution in [1.29, 1.82) is 0 Å². The van der Waals surface area contributed by atoms with Crippen LogP contribution in [0.2, 0.25) is 0 Å². The molecule has 5 heteroatoms. The van der Waals surface area contributed by atoms with Gasteiger partial charge in [0.25, 0.3) is 0 Å².